The Morgan fingerprint density at radius 1 is 0.576 bits per heavy atom. The van der Waals surface area contributed by atoms with E-state index in [0.29, 0.717) is 22.0 Å². The third-order valence-corrected chi connectivity index (χ3v) is 9.06. The van der Waals surface area contributed by atoms with Gasteiger partial charge in [0.15, 0.2) is 0 Å². The molecule has 0 atom stereocenters. The van der Waals surface area contributed by atoms with Gasteiger partial charge in [0.25, 0.3) is 10.0 Å². The molecule has 0 saturated heterocycles. The van der Waals surface area contributed by atoms with Gasteiger partial charge < -0.3 is 0 Å². The Balaban J connectivity index is 1.88. The van der Waals surface area contributed by atoms with E-state index >= 15 is 0 Å². The first kappa shape index (κ1) is 23.0. The number of hydrogen-bond acceptors (Lipinski definition) is 4. The number of rotatable bonds is 5. The molecular formula is C26H25NO4S2. The first-order chi connectivity index (χ1) is 15.5. The molecule has 0 aromatic heterocycles. The van der Waals surface area contributed by atoms with Crippen molar-refractivity contribution in [3.8, 4) is 0 Å². The fourth-order valence-corrected chi connectivity index (χ4v) is 7.11. The molecule has 0 amide bonds. The van der Waals surface area contributed by atoms with Gasteiger partial charge in [0.1, 0.15) is 0 Å². The van der Waals surface area contributed by atoms with E-state index in [2.05, 4.69) is 4.72 Å². The molecule has 4 rings (SSSR count). The number of fused-ring (bicyclic) bond motifs is 1. The predicted molar refractivity (Wildman–Crippen MR) is 132 cm³/mol. The lowest BCUT2D eigenvalue weighted by Crippen LogP contribution is -2.14. The molecule has 0 spiro atoms. The van der Waals surface area contributed by atoms with Gasteiger partial charge in [-0.05, 0) is 63.1 Å². The minimum absolute atomic E-state index is 0.0256. The van der Waals surface area contributed by atoms with Crippen LogP contribution in [0.3, 0.4) is 0 Å². The second-order valence-corrected chi connectivity index (χ2v) is 11.8. The second-order valence-electron chi connectivity index (χ2n) is 8.30. The van der Waals surface area contributed by atoms with Crippen molar-refractivity contribution in [2.45, 2.75) is 42.4 Å². The highest BCUT2D eigenvalue weighted by Crippen LogP contribution is 2.33. The number of nitrogens with one attached hydrogen (secondary N) is 1. The number of benzene rings is 4. The first-order valence-electron chi connectivity index (χ1n) is 10.4. The summed E-state index contributed by atoms with van der Waals surface area (Å²) in [6, 6.07) is 20.1. The van der Waals surface area contributed by atoms with Crippen LogP contribution >= 0.6 is 0 Å². The maximum Gasteiger partial charge on any atom is 0.262 e. The minimum Gasteiger partial charge on any atom is -0.279 e. The highest BCUT2D eigenvalue weighted by molar-refractivity contribution is 7.93. The molecule has 0 aliphatic heterocycles. The van der Waals surface area contributed by atoms with Crippen LogP contribution in [0.2, 0.25) is 0 Å². The van der Waals surface area contributed by atoms with Crippen molar-refractivity contribution >= 4 is 36.3 Å². The van der Waals surface area contributed by atoms with Crippen molar-refractivity contribution < 1.29 is 16.8 Å². The molecule has 7 heteroatoms. The van der Waals surface area contributed by atoms with Crippen molar-refractivity contribution in [3.05, 3.63) is 95.1 Å². The van der Waals surface area contributed by atoms with Gasteiger partial charge in [-0.2, -0.15) is 0 Å². The van der Waals surface area contributed by atoms with Gasteiger partial charge in [0.05, 0.1) is 20.4 Å². The zero-order valence-electron chi connectivity index (χ0n) is 18.9. The first-order valence-corrected chi connectivity index (χ1v) is 13.4. The molecule has 0 bridgehead atoms. The summed E-state index contributed by atoms with van der Waals surface area (Å²) in [5.74, 6) is 0. The van der Waals surface area contributed by atoms with Crippen LogP contribution in [0, 0.1) is 27.7 Å². The Morgan fingerprint density at radius 3 is 1.73 bits per heavy atom. The molecule has 0 radical (unpaired) electrons. The van der Waals surface area contributed by atoms with Gasteiger partial charge in [-0.15, -0.1) is 0 Å². The maximum absolute atomic E-state index is 13.5. The third-order valence-electron chi connectivity index (χ3n) is 5.67. The number of sulfonamides is 1. The Morgan fingerprint density at radius 2 is 1.12 bits per heavy atom. The summed E-state index contributed by atoms with van der Waals surface area (Å²) in [5, 5.41) is 0.710. The van der Waals surface area contributed by atoms with Crippen molar-refractivity contribution in [3.63, 3.8) is 0 Å². The van der Waals surface area contributed by atoms with Crippen molar-refractivity contribution in [1.82, 2.24) is 0 Å². The Kier molecular flexibility index (Phi) is 5.80. The highest BCUT2D eigenvalue weighted by atomic mass is 32.2. The molecule has 0 saturated carbocycles. The molecule has 5 nitrogen and oxygen atoms in total. The summed E-state index contributed by atoms with van der Waals surface area (Å²) in [5.41, 5.74) is 3.93. The summed E-state index contributed by atoms with van der Waals surface area (Å²) < 4.78 is 56.4. The zero-order chi connectivity index (χ0) is 24.0. The van der Waals surface area contributed by atoms with E-state index in [1.54, 1.807) is 49.4 Å². The van der Waals surface area contributed by atoms with E-state index in [0.717, 1.165) is 16.7 Å². The van der Waals surface area contributed by atoms with Crippen LogP contribution < -0.4 is 4.72 Å². The largest absolute Gasteiger partial charge is 0.279 e. The van der Waals surface area contributed by atoms with E-state index in [1.807, 2.05) is 39.0 Å². The second kappa shape index (κ2) is 8.32. The fourth-order valence-electron chi connectivity index (χ4n) is 4.07. The Bertz CT molecular complexity index is 1610. The van der Waals surface area contributed by atoms with E-state index in [-0.39, 0.29) is 14.7 Å². The number of hydrogen-bond donors (Lipinski definition) is 1. The summed E-state index contributed by atoms with van der Waals surface area (Å²) in [6.45, 7) is 7.44. The molecule has 0 unspecified atom stereocenters. The lowest BCUT2D eigenvalue weighted by molar-refractivity contribution is 0.595. The summed E-state index contributed by atoms with van der Waals surface area (Å²) in [6.07, 6.45) is 0. The Labute approximate surface area is 195 Å². The van der Waals surface area contributed by atoms with Crippen molar-refractivity contribution in [2.75, 3.05) is 4.72 Å². The van der Waals surface area contributed by atoms with Crippen LogP contribution in [0.4, 0.5) is 5.69 Å². The van der Waals surface area contributed by atoms with Gasteiger partial charge in [-0.1, -0.05) is 59.7 Å². The van der Waals surface area contributed by atoms with Crippen molar-refractivity contribution in [1.29, 1.82) is 0 Å². The zero-order valence-corrected chi connectivity index (χ0v) is 20.5. The standard InChI is InChI=1S/C26H25NO4S2/c1-17-11-13-23(19(3)15-17)27-33(30,31)26-10-6-7-21-22(26)8-5-9-25(21)32(28,29)24-14-12-18(2)16-20(24)4/h5-16,27H,1-4H3. The average molecular weight is 480 g/mol. The van der Waals surface area contributed by atoms with E-state index in [1.165, 1.54) is 12.1 Å². The monoisotopic (exact) mass is 479 g/mol. The van der Waals surface area contributed by atoms with Crippen LogP contribution in [0.15, 0.2) is 87.5 Å². The SMILES string of the molecule is Cc1ccc(NS(=O)(=O)c2cccc3c(S(=O)(=O)c4ccc(C)cc4C)cccc23)c(C)c1. The molecule has 170 valence electrons. The molecule has 0 aliphatic carbocycles. The molecule has 0 fully saturated rings. The molecule has 1 N–H and O–H groups in total. The van der Waals surface area contributed by atoms with E-state index in [9.17, 15) is 16.8 Å². The smallest absolute Gasteiger partial charge is 0.262 e. The summed E-state index contributed by atoms with van der Waals surface area (Å²) in [7, 11) is -7.82. The minimum atomic E-state index is -3.96. The average Bonchev–Trinajstić information content (AvgIpc) is 2.74. The van der Waals surface area contributed by atoms with Gasteiger partial charge in [-0.3, -0.25) is 4.72 Å². The highest BCUT2D eigenvalue weighted by Gasteiger charge is 2.25. The normalized spacial score (nSPS) is 12.1. The molecule has 0 aliphatic rings. The maximum atomic E-state index is 13.5. The number of anilines is 1. The van der Waals surface area contributed by atoms with E-state index < -0.39 is 19.9 Å². The van der Waals surface area contributed by atoms with Gasteiger partial charge >= 0.3 is 0 Å². The summed E-state index contributed by atoms with van der Waals surface area (Å²) >= 11 is 0. The number of sulfone groups is 1. The topological polar surface area (TPSA) is 80.3 Å². The third kappa shape index (κ3) is 4.26. The van der Waals surface area contributed by atoms with E-state index in [4.69, 9.17) is 0 Å². The predicted octanol–water partition coefficient (Wildman–Crippen LogP) is 5.71. The molecule has 4 aromatic rings. The fraction of sp³-hybridized carbons (Fsp3) is 0.154. The van der Waals surface area contributed by atoms with Crippen LogP contribution in [0.1, 0.15) is 22.3 Å². The van der Waals surface area contributed by atoms with Gasteiger partial charge in [-0.25, -0.2) is 16.8 Å². The van der Waals surface area contributed by atoms with Crippen molar-refractivity contribution in [2.24, 2.45) is 0 Å². The molecule has 4 aromatic carbocycles. The van der Waals surface area contributed by atoms with Gasteiger partial charge in [0.2, 0.25) is 9.84 Å². The molecule has 33 heavy (non-hydrogen) atoms. The molecule has 0 heterocycles. The Hall–Kier alpha value is -3.16. The van der Waals surface area contributed by atoms with Crippen LogP contribution in [0.25, 0.3) is 10.8 Å². The quantitative estimate of drug-likeness (QED) is 0.398. The lowest BCUT2D eigenvalue weighted by Gasteiger charge is -2.15. The lowest BCUT2D eigenvalue weighted by atomic mass is 10.1. The van der Waals surface area contributed by atoms with Crippen LogP contribution in [-0.4, -0.2) is 16.8 Å². The van der Waals surface area contributed by atoms with Crippen LogP contribution in [0.5, 0.6) is 0 Å². The summed E-state index contributed by atoms with van der Waals surface area (Å²) in [4.78, 5) is 0.315. The molecular weight excluding hydrogens is 454 g/mol. The van der Waals surface area contributed by atoms with Gasteiger partial charge in [0, 0.05) is 10.8 Å². The number of aryl methyl sites for hydroxylation is 4. The van der Waals surface area contributed by atoms with Crippen LogP contribution in [-0.2, 0) is 19.9 Å².